The quantitative estimate of drug-likeness (QED) is 0.692. The van der Waals surface area contributed by atoms with Gasteiger partial charge in [0.25, 0.3) is 0 Å². The molecule has 0 aliphatic carbocycles. The Balaban J connectivity index is 2.91. The summed E-state index contributed by atoms with van der Waals surface area (Å²) in [7, 11) is 3.02. The maximum Gasteiger partial charge on any atom is 0.323 e. The van der Waals surface area contributed by atoms with E-state index in [-0.39, 0.29) is 25.5 Å². The second-order valence-corrected chi connectivity index (χ2v) is 4.41. The number of carbonyl (C=O) groups is 2. The van der Waals surface area contributed by atoms with Gasteiger partial charge in [0.05, 0.1) is 27.2 Å². The van der Waals surface area contributed by atoms with Crippen molar-refractivity contribution in [1.82, 2.24) is 0 Å². The fourth-order valence-corrected chi connectivity index (χ4v) is 1.94. The summed E-state index contributed by atoms with van der Waals surface area (Å²) in [5.74, 6) is -0.310. The van der Waals surface area contributed by atoms with Crippen molar-refractivity contribution in [2.24, 2.45) is 0 Å². The Labute approximate surface area is 129 Å². The molecule has 0 aliphatic rings. The van der Waals surface area contributed by atoms with E-state index in [1.807, 2.05) is 0 Å². The fourth-order valence-electron chi connectivity index (χ4n) is 1.94. The maximum absolute atomic E-state index is 11.4. The lowest BCUT2D eigenvalue weighted by Gasteiger charge is -2.23. The highest BCUT2D eigenvalue weighted by molar-refractivity contribution is 5.75. The van der Waals surface area contributed by atoms with Gasteiger partial charge in [0.15, 0.2) is 11.5 Å². The van der Waals surface area contributed by atoms with Crippen LogP contribution in [0.2, 0.25) is 0 Å². The van der Waals surface area contributed by atoms with Gasteiger partial charge in [-0.15, -0.1) is 0 Å². The van der Waals surface area contributed by atoms with Gasteiger partial charge in [0.1, 0.15) is 6.54 Å². The maximum atomic E-state index is 11.4. The lowest BCUT2D eigenvalue weighted by atomic mass is 10.2. The molecular formula is C15H21NO6. The van der Waals surface area contributed by atoms with Gasteiger partial charge in [-0.05, 0) is 19.1 Å². The van der Waals surface area contributed by atoms with Gasteiger partial charge >= 0.3 is 11.9 Å². The van der Waals surface area contributed by atoms with Crippen LogP contribution in [0.4, 0.5) is 5.69 Å². The first-order valence-electron chi connectivity index (χ1n) is 6.86. The number of benzene rings is 1. The molecule has 7 heteroatoms. The van der Waals surface area contributed by atoms with Crippen molar-refractivity contribution in [1.29, 1.82) is 0 Å². The number of anilines is 1. The molecule has 0 aliphatic heterocycles. The average molecular weight is 311 g/mol. The lowest BCUT2D eigenvalue weighted by molar-refractivity contribution is -0.143. The predicted octanol–water partition coefficient (Wildman–Crippen LogP) is 1.55. The van der Waals surface area contributed by atoms with E-state index >= 15 is 0 Å². The number of aliphatic carboxylic acids is 1. The van der Waals surface area contributed by atoms with E-state index in [0.29, 0.717) is 23.8 Å². The zero-order valence-corrected chi connectivity index (χ0v) is 13.0. The molecule has 0 heterocycles. The number of hydrogen-bond acceptors (Lipinski definition) is 6. The molecule has 0 atom stereocenters. The molecule has 0 bridgehead atoms. The SMILES string of the molecule is CCOC(=O)CCN(CC(=O)O)c1ccc(OC)c(OC)c1. The van der Waals surface area contributed by atoms with Crippen LogP contribution in [0.5, 0.6) is 11.5 Å². The van der Waals surface area contributed by atoms with E-state index in [9.17, 15) is 9.59 Å². The summed E-state index contributed by atoms with van der Waals surface area (Å²) < 4.78 is 15.2. The van der Waals surface area contributed by atoms with Gasteiger partial charge in [-0.25, -0.2) is 0 Å². The van der Waals surface area contributed by atoms with E-state index < -0.39 is 5.97 Å². The molecule has 0 unspecified atom stereocenters. The Morgan fingerprint density at radius 3 is 2.41 bits per heavy atom. The van der Waals surface area contributed by atoms with E-state index in [4.69, 9.17) is 19.3 Å². The monoisotopic (exact) mass is 311 g/mol. The summed E-state index contributed by atoms with van der Waals surface area (Å²) in [6.45, 7) is 2.03. The molecule has 0 saturated carbocycles. The Morgan fingerprint density at radius 1 is 1.18 bits per heavy atom. The summed E-state index contributed by atoms with van der Waals surface area (Å²) in [5, 5.41) is 9.03. The third kappa shape index (κ3) is 5.16. The standard InChI is InChI=1S/C15H21NO6/c1-4-22-15(19)7-8-16(10-14(17)18)11-5-6-12(20-2)13(9-11)21-3/h5-6,9H,4,7-8,10H2,1-3H3,(H,17,18). The summed E-state index contributed by atoms with van der Waals surface area (Å²) in [5.41, 5.74) is 0.629. The van der Waals surface area contributed by atoms with Gasteiger partial charge < -0.3 is 24.2 Å². The van der Waals surface area contributed by atoms with Gasteiger partial charge in [-0.2, -0.15) is 0 Å². The molecule has 1 rings (SSSR count). The first-order chi connectivity index (χ1) is 10.5. The molecule has 7 nitrogen and oxygen atoms in total. The van der Waals surface area contributed by atoms with E-state index in [1.54, 1.807) is 30.0 Å². The third-order valence-corrected chi connectivity index (χ3v) is 2.95. The topological polar surface area (TPSA) is 85.3 Å². The van der Waals surface area contributed by atoms with E-state index in [1.165, 1.54) is 14.2 Å². The molecule has 1 aromatic carbocycles. The molecular weight excluding hydrogens is 290 g/mol. The van der Waals surface area contributed by atoms with Gasteiger partial charge in [0, 0.05) is 18.3 Å². The first kappa shape index (κ1) is 17.6. The minimum absolute atomic E-state index is 0.107. The smallest absolute Gasteiger partial charge is 0.323 e. The Morgan fingerprint density at radius 2 is 1.86 bits per heavy atom. The van der Waals surface area contributed by atoms with E-state index in [2.05, 4.69) is 0 Å². The van der Waals surface area contributed by atoms with Crippen molar-refractivity contribution in [2.75, 3.05) is 38.8 Å². The summed E-state index contributed by atoms with van der Waals surface area (Å²) in [6, 6.07) is 5.08. The first-order valence-corrected chi connectivity index (χ1v) is 6.86. The number of esters is 1. The summed E-state index contributed by atoms with van der Waals surface area (Å²) in [4.78, 5) is 24.0. The molecule has 0 fully saturated rings. The van der Waals surface area contributed by atoms with Gasteiger partial charge in [0.2, 0.25) is 0 Å². The predicted molar refractivity (Wildman–Crippen MR) is 80.6 cm³/mol. The van der Waals surface area contributed by atoms with Gasteiger partial charge in [-0.1, -0.05) is 0 Å². The fraction of sp³-hybridized carbons (Fsp3) is 0.467. The molecule has 1 N–H and O–H groups in total. The highest BCUT2D eigenvalue weighted by Gasteiger charge is 2.15. The van der Waals surface area contributed by atoms with Crippen LogP contribution in [-0.4, -0.2) is 51.0 Å². The zero-order valence-electron chi connectivity index (χ0n) is 13.0. The van der Waals surface area contributed by atoms with Crippen LogP contribution in [0.25, 0.3) is 0 Å². The number of carboxylic acids is 1. The van der Waals surface area contributed by atoms with Crippen molar-refractivity contribution in [2.45, 2.75) is 13.3 Å². The third-order valence-electron chi connectivity index (χ3n) is 2.95. The molecule has 22 heavy (non-hydrogen) atoms. The number of carboxylic acid groups (broad SMARTS) is 1. The lowest BCUT2D eigenvalue weighted by Crippen LogP contribution is -2.32. The number of carbonyl (C=O) groups excluding carboxylic acids is 1. The van der Waals surface area contributed by atoms with Crippen LogP contribution in [0.3, 0.4) is 0 Å². The highest BCUT2D eigenvalue weighted by Crippen LogP contribution is 2.31. The van der Waals surface area contributed by atoms with Crippen molar-refractivity contribution >= 4 is 17.6 Å². The number of rotatable bonds is 9. The minimum Gasteiger partial charge on any atom is -0.493 e. The summed E-state index contributed by atoms with van der Waals surface area (Å²) in [6.07, 6.45) is 0.107. The van der Waals surface area contributed by atoms with E-state index in [0.717, 1.165) is 0 Å². The van der Waals surface area contributed by atoms with Crippen LogP contribution < -0.4 is 14.4 Å². The molecule has 0 saturated heterocycles. The molecule has 122 valence electrons. The van der Waals surface area contributed by atoms with Crippen molar-refractivity contribution in [3.8, 4) is 11.5 Å². The molecule has 1 aromatic rings. The van der Waals surface area contributed by atoms with Crippen molar-refractivity contribution in [3.05, 3.63) is 18.2 Å². The normalized spacial score (nSPS) is 9.95. The highest BCUT2D eigenvalue weighted by atomic mass is 16.5. The number of ether oxygens (including phenoxy) is 3. The summed E-state index contributed by atoms with van der Waals surface area (Å²) >= 11 is 0. The van der Waals surface area contributed by atoms with Crippen LogP contribution in [-0.2, 0) is 14.3 Å². The number of hydrogen-bond donors (Lipinski definition) is 1. The molecule has 0 aromatic heterocycles. The van der Waals surface area contributed by atoms with Crippen LogP contribution >= 0.6 is 0 Å². The zero-order chi connectivity index (χ0) is 16.5. The van der Waals surface area contributed by atoms with Crippen LogP contribution in [0.1, 0.15) is 13.3 Å². The molecule has 0 radical (unpaired) electrons. The Kier molecular flexibility index (Phi) is 7.01. The largest absolute Gasteiger partial charge is 0.493 e. The number of methoxy groups -OCH3 is 2. The minimum atomic E-state index is -0.987. The molecule has 0 spiro atoms. The second-order valence-electron chi connectivity index (χ2n) is 4.41. The van der Waals surface area contributed by atoms with Crippen molar-refractivity contribution < 1.29 is 28.9 Å². The number of nitrogens with zero attached hydrogens (tertiary/aromatic N) is 1. The average Bonchev–Trinajstić information content (AvgIpc) is 2.50. The van der Waals surface area contributed by atoms with Crippen LogP contribution in [0.15, 0.2) is 18.2 Å². The second kappa shape index (κ2) is 8.76. The Bertz CT molecular complexity index is 517. The van der Waals surface area contributed by atoms with Gasteiger partial charge in [-0.3, -0.25) is 9.59 Å². The van der Waals surface area contributed by atoms with Crippen LogP contribution in [0, 0.1) is 0 Å². The molecule has 0 amide bonds. The van der Waals surface area contributed by atoms with Crippen molar-refractivity contribution in [3.63, 3.8) is 0 Å². The Hall–Kier alpha value is -2.44.